The minimum Gasteiger partial charge on any atom is -0.368 e. The van der Waals surface area contributed by atoms with Gasteiger partial charge in [-0.25, -0.2) is 0 Å². The molecular weight excluding hydrogens is 552 g/mol. The van der Waals surface area contributed by atoms with Crippen molar-refractivity contribution in [3.8, 4) is 0 Å². The van der Waals surface area contributed by atoms with E-state index in [0.29, 0.717) is 33.0 Å². The standard InChI is InChI=1S/C38H40O6/c1-5-14-29(15-6-1)24-39-33-28-43-38-23-13-22-37(38,44-38)36(42-27-32-20-11-4-12-21-32)35(41-26-31-18-9-3-10-19-31)34(33)40-25-30-16-7-2-8-17-30/h1-12,14-21,33-36H,13,22-28H2/t33-,34+,35-,36+,37-,38+/m0/s1. The average Bonchev–Trinajstić information content (AvgIpc) is 3.57. The third kappa shape index (κ3) is 6.24. The number of hydrogen-bond acceptors (Lipinski definition) is 6. The molecule has 0 amide bonds. The predicted molar refractivity (Wildman–Crippen MR) is 166 cm³/mol. The van der Waals surface area contributed by atoms with Crippen LogP contribution in [0.1, 0.15) is 41.5 Å². The van der Waals surface area contributed by atoms with Gasteiger partial charge in [0, 0.05) is 6.42 Å². The fourth-order valence-electron chi connectivity index (χ4n) is 6.79. The molecule has 2 aliphatic heterocycles. The summed E-state index contributed by atoms with van der Waals surface area (Å²) in [6.45, 7) is 2.02. The molecule has 0 N–H and O–H groups in total. The van der Waals surface area contributed by atoms with Crippen molar-refractivity contribution >= 4 is 0 Å². The first-order chi connectivity index (χ1) is 21.7. The third-order valence-electron chi connectivity index (χ3n) is 9.08. The van der Waals surface area contributed by atoms with Crippen molar-refractivity contribution < 1.29 is 28.4 Å². The maximum absolute atomic E-state index is 6.92. The summed E-state index contributed by atoms with van der Waals surface area (Å²) in [6.07, 6.45) is 0.857. The molecule has 4 aromatic carbocycles. The molecule has 6 nitrogen and oxygen atoms in total. The van der Waals surface area contributed by atoms with E-state index in [1.54, 1.807) is 0 Å². The molecule has 2 saturated heterocycles. The first-order valence-corrected chi connectivity index (χ1v) is 15.7. The van der Waals surface area contributed by atoms with Crippen molar-refractivity contribution in [2.75, 3.05) is 6.61 Å². The SMILES string of the molecule is c1ccc(CO[C@H]2[C@H](OCc3ccccc3)[C@@H](OCc3ccccc3)[C@@]34CCC[C@@]3(OC[C@@H]2OCc2ccccc2)O4)cc1. The molecule has 1 aliphatic carbocycles. The molecule has 0 radical (unpaired) electrons. The topological polar surface area (TPSA) is 58.7 Å². The van der Waals surface area contributed by atoms with Crippen molar-refractivity contribution in [2.24, 2.45) is 0 Å². The summed E-state index contributed by atoms with van der Waals surface area (Å²) in [5, 5.41) is 0. The van der Waals surface area contributed by atoms with Crippen molar-refractivity contribution in [1.29, 1.82) is 0 Å². The summed E-state index contributed by atoms with van der Waals surface area (Å²) in [7, 11) is 0. The maximum Gasteiger partial charge on any atom is 0.201 e. The Morgan fingerprint density at radius 2 is 0.977 bits per heavy atom. The van der Waals surface area contributed by atoms with Crippen molar-refractivity contribution in [3.05, 3.63) is 144 Å². The van der Waals surface area contributed by atoms with Gasteiger partial charge in [-0.15, -0.1) is 0 Å². The number of hydrogen-bond donors (Lipinski definition) is 0. The zero-order valence-electron chi connectivity index (χ0n) is 25.0. The largest absolute Gasteiger partial charge is 0.368 e. The number of rotatable bonds is 12. The second-order valence-electron chi connectivity index (χ2n) is 12.0. The molecule has 7 rings (SSSR count). The van der Waals surface area contributed by atoms with E-state index < -0.39 is 35.8 Å². The van der Waals surface area contributed by atoms with Gasteiger partial charge in [-0.05, 0) is 35.1 Å². The van der Waals surface area contributed by atoms with E-state index in [-0.39, 0.29) is 0 Å². The van der Waals surface area contributed by atoms with E-state index >= 15 is 0 Å². The summed E-state index contributed by atoms with van der Waals surface area (Å²) in [6, 6.07) is 41.0. The lowest BCUT2D eigenvalue weighted by molar-refractivity contribution is -0.224. The van der Waals surface area contributed by atoms with Crippen molar-refractivity contribution in [1.82, 2.24) is 0 Å². The molecule has 2 heterocycles. The molecule has 3 aliphatic rings. The normalized spacial score (nSPS) is 29.3. The molecule has 1 saturated carbocycles. The average molecular weight is 593 g/mol. The van der Waals surface area contributed by atoms with E-state index in [2.05, 4.69) is 48.5 Å². The number of epoxide rings is 1. The summed E-state index contributed by atoms with van der Waals surface area (Å²) in [5.41, 5.74) is 3.75. The lowest BCUT2D eigenvalue weighted by atomic mass is 9.87. The molecule has 0 spiro atoms. The van der Waals surface area contributed by atoms with Gasteiger partial charge in [0.05, 0.1) is 33.0 Å². The molecule has 6 atom stereocenters. The first-order valence-electron chi connectivity index (χ1n) is 15.7. The lowest BCUT2D eigenvalue weighted by Gasteiger charge is -2.41. The highest BCUT2D eigenvalue weighted by Crippen LogP contribution is 2.64. The summed E-state index contributed by atoms with van der Waals surface area (Å²) >= 11 is 0. The lowest BCUT2D eigenvalue weighted by Crippen LogP contribution is -2.58. The summed E-state index contributed by atoms with van der Waals surface area (Å²) in [5.74, 6) is -0.693. The summed E-state index contributed by atoms with van der Waals surface area (Å²) < 4.78 is 40.6. The van der Waals surface area contributed by atoms with Crippen LogP contribution < -0.4 is 0 Å². The first kappa shape index (κ1) is 29.4. The van der Waals surface area contributed by atoms with Gasteiger partial charge in [0.25, 0.3) is 0 Å². The zero-order valence-corrected chi connectivity index (χ0v) is 25.0. The van der Waals surface area contributed by atoms with Crippen molar-refractivity contribution in [3.63, 3.8) is 0 Å². The highest BCUT2D eigenvalue weighted by Gasteiger charge is 2.80. The number of benzene rings is 4. The zero-order chi connectivity index (χ0) is 29.7. The van der Waals surface area contributed by atoms with E-state index in [0.717, 1.165) is 41.5 Å². The van der Waals surface area contributed by atoms with E-state index in [1.807, 2.05) is 72.8 Å². The third-order valence-corrected chi connectivity index (χ3v) is 9.08. The van der Waals surface area contributed by atoms with Gasteiger partial charge in [-0.1, -0.05) is 121 Å². The van der Waals surface area contributed by atoms with Gasteiger partial charge in [-0.3, -0.25) is 0 Å². The van der Waals surface area contributed by atoms with Crippen LogP contribution in [0, 0.1) is 0 Å². The molecule has 0 aromatic heterocycles. The Balaban J connectivity index is 1.24. The van der Waals surface area contributed by atoms with Crippen LogP contribution in [0.5, 0.6) is 0 Å². The van der Waals surface area contributed by atoms with E-state index in [4.69, 9.17) is 28.4 Å². The van der Waals surface area contributed by atoms with E-state index in [9.17, 15) is 0 Å². The smallest absolute Gasteiger partial charge is 0.201 e. The highest BCUT2D eigenvalue weighted by molar-refractivity contribution is 5.24. The Bertz CT molecular complexity index is 1450. The van der Waals surface area contributed by atoms with Gasteiger partial charge in [-0.2, -0.15) is 0 Å². The monoisotopic (exact) mass is 592 g/mol. The van der Waals surface area contributed by atoms with Gasteiger partial charge >= 0.3 is 0 Å². The molecule has 228 valence electrons. The van der Waals surface area contributed by atoms with Crippen LogP contribution in [0.15, 0.2) is 121 Å². The van der Waals surface area contributed by atoms with Gasteiger partial charge in [0.15, 0.2) is 5.60 Å². The molecule has 4 aromatic rings. The summed E-state index contributed by atoms with van der Waals surface area (Å²) in [4.78, 5) is 0. The van der Waals surface area contributed by atoms with Crippen LogP contribution >= 0.6 is 0 Å². The molecule has 44 heavy (non-hydrogen) atoms. The highest BCUT2D eigenvalue weighted by atomic mass is 16.8. The van der Waals surface area contributed by atoms with Crippen LogP contribution in [-0.4, -0.2) is 42.4 Å². The fourth-order valence-corrected chi connectivity index (χ4v) is 6.79. The molecule has 3 fully saturated rings. The van der Waals surface area contributed by atoms with E-state index in [1.165, 1.54) is 0 Å². The Labute approximate surface area is 259 Å². The quantitative estimate of drug-likeness (QED) is 0.165. The fraction of sp³-hybridized carbons (Fsp3) is 0.368. The van der Waals surface area contributed by atoms with Crippen molar-refractivity contribution in [2.45, 2.75) is 81.5 Å². The second-order valence-corrected chi connectivity index (χ2v) is 12.0. The molecular formula is C38H40O6. The van der Waals surface area contributed by atoms with Gasteiger partial charge < -0.3 is 28.4 Å². The second kappa shape index (κ2) is 13.3. The van der Waals surface area contributed by atoms with Crippen LogP contribution in [0.3, 0.4) is 0 Å². The van der Waals surface area contributed by atoms with Crippen LogP contribution in [0.2, 0.25) is 0 Å². The van der Waals surface area contributed by atoms with Crippen LogP contribution in [0.25, 0.3) is 0 Å². The Morgan fingerprint density at radius 1 is 0.523 bits per heavy atom. The maximum atomic E-state index is 6.92. The van der Waals surface area contributed by atoms with Crippen LogP contribution in [-0.2, 0) is 54.8 Å². The molecule has 6 heteroatoms. The van der Waals surface area contributed by atoms with Crippen LogP contribution in [0.4, 0.5) is 0 Å². The predicted octanol–water partition coefficient (Wildman–Crippen LogP) is 7.01. The minimum atomic E-state index is -0.693. The molecule has 0 bridgehead atoms. The minimum absolute atomic E-state index is 0.338. The van der Waals surface area contributed by atoms with Gasteiger partial charge in [0.1, 0.15) is 24.4 Å². The number of ether oxygens (including phenoxy) is 6. The Morgan fingerprint density at radius 3 is 1.50 bits per heavy atom. The Kier molecular flexibility index (Phi) is 8.89. The molecule has 0 unspecified atom stereocenters. The van der Waals surface area contributed by atoms with Gasteiger partial charge in [0.2, 0.25) is 5.79 Å². The Hall–Kier alpha value is -3.36.